The highest BCUT2D eigenvalue weighted by Crippen LogP contribution is 2.51. The molecule has 4 saturated heterocycles. The molecule has 7 nitrogen and oxygen atoms in total. The zero-order valence-corrected chi connectivity index (χ0v) is 12.6. The van der Waals surface area contributed by atoms with Gasteiger partial charge in [0.05, 0.1) is 18.9 Å². The molecule has 0 aromatic carbocycles. The quantitative estimate of drug-likeness (QED) is 0.388. The summed E-state index contributed by atoms with van der Waals surface area (Å²) in [4.78, 5) is 4.16. The highest BCUT2D eigenvalue weighted by atomic mass is 16.4. The molecule has 7 heteroatoms. The first kappa shape index (κ1) is 15.6. The van der Waals surface area contributed by atoms with E-state index in [0.29, 0.717) is 26.2 Å². The van der Waals surface area contributed by atoms with Gasteiger partial charge in [0.2, 0.25) is 0 Å². The van der Waals surface area contributed by atoms with Gasteiger partial charge < -0.3 is 25.5 Å². The molecule has 0 aromatic rings. The Morgan fingerprint density at radius 1 is 1.00 bits per heavy atom. The van der Waals surface area contributed by atoms with E-state index in [4.69, 9.17) is 5.11 Å². The third-order valence-corrected chi connectivity index (χ3v) is 5.56. The van der Waals surface area contributed by atoms with Crippen LogP contribution in [0.4, 0.5) is 0 Å². The highest BCUT2D eigenvalue weighted by molar-refractivity contribution is 5.14. The van der Waals surface area contributed by atoms with E-state index in [9.17, 15) is 20.4 Å². The molecule has 4 aliphatic rings. The van der Waals surface area contributed by atoms with Crippen LogP contribution in [0.2, 0.25) is 0 Å². The first-order valence-electron chi connectivity index (χ1n) is 7.53. The third kappa shape index (κ3) is 2.15. The van der Waals surface area contributed by atoms with Crippen molar-refractivity contribution >= 4 is 0 Å². The molecule has 122 valence electrons. The number of hydrogen-bond acceptors (Lipinski definition) is 7. The van der Waals surface area contributed by atoms with Gasteiger partial charge in [-0.2, -0.15) is 0 Å². The fraction of sp³-hybridized carbons (Fsp3) is 1.00. The maximum Gasteiger partial charge on any atom is 0.111 e. The van der Waals surface area contributed by atoms with E-state index in [0.717, 1.165) is 0 Å². The minimum Gasteiger partial charge on any atom is -0.394 e. The second-order valence-electron chi connectivity index (χ2n) is 7.67. The fourth-order valence-corrected chi connectivity index (χ4v) is 4.80. The van der Waals surface area contributed by atoms with E-state index < -0.39 is 24.9 Å². The molecule has 4 bridgehead atoms. The number of aliphatic hydroxyl groups excluding tert-OH is 5. The average molecular weight is 302 g/mol. The van der Waals surface area contributed by atoms with Gasteiger partial charge in [0.15, 0.2) is 0 Å². The molecule has 5 N–H and O–H groups in total. The normalized spacial score (nSPS) is 52.7. The summed E-state index contributed by atoms with van der Waals surface area (Å²) in [5.74, 6) is 0. The first-order valence-corrected chi connectivity index (χ1v) is 7.53. The zero-order chi connectivity index (χ0) is 15.6. The van der Waals surface area contributed by atoms with Crippen molar-refractivity contribution in [2.45, 2.75) is 44.4 Å². The average Bonchev–Trinajstić information content (AvgIpc) is 2.41. The van der Waals surface area contributed by atoms with Crippen LogP contribution in [0.3, 0.4) is 0 Å². The zero-order valence-electron chi connectivity index (χ0n) is 12.6. The second-order valence-corrected chi connectivity index (χ2v) is 7.67. The summed E-state index contributed by atoms with van der Waals surface area (Å²) in [5, 5.41) is 49.5. The Morgan fingerprint density at radius 2 is 1.43 bits per heavy atom. The standard InChI is InChI=1S/C14H26N2O5/c1-13-4-15-6-14(2,12(13)21)7-16(5-13)11(15)10(20)9(19)8(18)3-17/h8-12,17-21H,3-7H2,1-2H3/t8-,9+,10+,11?,12?,13?,14?/m1/s1. The van der Waals surface area contributed by atoms with Crippen LogP contribution in [0.25, 0.3) is 0 Å². The van der Waals surface area contributed by atoms with Gasteiger partial charge >= 0.3 is 0 Å². The van der Waals surface area contributed by atoms with Crippen LogP contribution in [0.5, 0.6) is 0 Å². The SMILES string of the molecule is CC12CN3CC(C)(CN(C1)C3[C@@H](O)[C@@H](O)[C@H](O)CO)C2O. The highest BCUT2D eigenvalue weighted by Gasteiger charge is 2.63. The van der Waals surface area contributed by atoms with Gasteiger partial charge in [0, 0.05) is 37.0 Å². The van der Waals surface area contributed by atoms with Gasteiger partial charge in [0.25, 0.3) is 0 Å². The van der Waals surface area contributed by atoms with Crippen LogP contribution in [0.1, 0.15) is 13.8 Å². The maximum absolute atomic E-state index is 10.6. The Morgan fingerprint density at radius 3 is 1.81 bits per heavy atom. The number of piperidine rings is 2. The van der Waals surface area contributed by atoms with Gasteiger partial charge in [-0.1, -0.05) is 13.8 Å². The van der Waals surface area contributed by atoms with E-state index in [-0.39, 0.29) is 23.1 Å². The van der Waals surface area contributed by atoms with Crippen molar-refractivity contribution in [2.75, 3.05) is 32.8 Å². The number of nitrogens with zero attached hydrogens (tertiary/aromatic N) is 2. The Balaban J connectivity index is 1.82. The molecule has 4 heterocycles. The summed E-state index contributed by atoms with van der Waals surface area (Å²) in [6.07, 6.45) is -4.64. The van der Waals surface area contributed by atoms with Crippen molar-refractivity contribution in [3.8, 4) is 0 Å². The maximum atomic E-state index is 10.6. The summed E-state index contributed by atoms with van der Waals surface area (Å²) < 4.78 is 0. The third-order valence-electron chi connectivity index (χ3n) is 5.56. The van der Waals surface area contributed by atoms with Gasteiger partial charge in [-0.25, -0.2) is 0 Å². The molecule has 4 aliphatic heterocycles. The van der Waals surface area contributed by atoms with Gasteiger partial charge in [-0.15, -0.1) is 0 Å². The number of hydrogen-bond donors (Lipinski definition) is 5. The van der Waals surface area contributed by atoms with Crippen molar-refractivity contribution in [1.82, 2.24) is 9.80 Å². The van der Waals surface area contributed by atoms with Crippen molar-refractivity contribution in [2.24, 2.45) is 10.8 Å². The molecule has 0 aromatic heterocycles. The van der Waals surface area contributed by atoms with Crippen molar-refractivity contribution in [3.63, 3.8) is 0 Å². The Labute approximate surface area is 124 Å². The molecule has 0 unspecified atom stereocenters. The first-order chi connectivity index (χ1) is 9.72. The van der Waals surface area contributed by atoms with Crippen LogP contribution in [-0.2, 0) is 0 Å². The van der Waals surface area contributed by atoms with E-state index in [1.165, 1.54) is 0 Å². The van der Waals surface area contributed by atoms with E-state index in [1.54, 1.807) is 0 Å². The van der Waals surface area contributed by atoms with Gasteiger partial charge in [-0.3, -0.25) is 9.80 Å². The molecule has 0 radical (unpaired) electrons. The van der Waals surface area contributed by atoms with Crippen molar-refractivity contribution < 1.29 is 25.5 Å². The van der Waals surface area contributed by atoms with E-state index in [1.807, 2.05) is 0 Å². The summed E-state index contributed by atoms with van der Waals surface area (Å²) in [5.41, 5.74) is -0.468. The van der Waals surface area contributed by atoms with Crippen LogP contribution in [-0.4, -0.2) is 98.7 Å². The molecule has 3 atom stereocenters. The molecule has 4 fully saturated rings. The predicted octanol–water partition coefficient (Wildman–Crippen LogP) is -2.59. The number of rotatable bonds is 4. The molecule has 4 rings (SSSR count). The molecule has 0 aliphatic carbocycles. The smallest absolute Gasteiger partial charge is 0.111 e. The van der Waals surface area contributed by atoms with Crippen LogP contribution >= 0.6 is 0 Å². The fourth-order valence-electron chi connectivity index (χ4n) is 4.80. The lowest BCUT2D eigenvalue weighted by atomic mass is 9.60. The summed E-state index contributed by atoms with van der Waals surface area (Å²) in [6, 6.07) is 0. The summed E-state index contributed by atoms with van der Waals surface area (Å²) in [6.45, 7) is 6.15. The molecular weight excluding hydrogens is 276 g/mol. The lowest BCUT2D eigenvalue weighted by Crippen LogP contribution is -2.81. The topological polar surface area (TPSA) is 108 Å². The minimum absolute atomic E-state index is 0.234. The summed E-state index contributed by atoms with van der Waals surface area (Å²) in [7, 11) is 0. The van der Waals surface area contributed by atoms with Gasteiger partial charge in [-0.05, 0) is 0 Å². The van der Waals surface area contributed by atoms with Crippen LogP contribution < -0.4 is 0 Å². The Kier molecular flexibility index (Phi) is 3.61. The second kappa shape index (κ2) is 4.86. The molecule has 0 spiro atoms. The largest absolute Gasteiger partial charge is 0.394 e. The van der Waals surface area contributed by atoms with Crippen molar-refractivity contribution in [1.29, 1.82) is 0 Å². The molecule has 0 amide bonds. The Bertz CT molecular complexity index is 382. The van der Waals surface area contributed by atoms with E-state index in [2.05, 4.69) is 23.6 Å². The summed E-state index contributed by atoms with van der Waals surface area (Å²) >= 11 is 0. The van der Waals surface area contributed by atoms with Crippen LogP contribution in [0.15, 0.2) is 0 Å². The molecule has 0 saturated carbocycles. The Hall–Kier alpha value is -0.280. The number of aliphatic hydroxyl groups is 5. The monoisotopic (exact) mass is 302 g/mol. The van der Waals surface area contributed by atoms with E-state index >= 15 is 0 Å². The molecular formula is C14H26N2O5. The van der Waals surface area contributed by atoms with Crippen molar-refractivity contribution in [3.05, 3.63) is 0 Å². The van der Waals surface area contributed by atoms with Gasteiger partial charge in [0.1, 0.15) is 18.3 Å². The predicted molar refractivity (Wildman–Crippen MR) is 74.3 cm³/mol. The minimum atomic E-state index is -1.39. The lowest BCUT2D eigenvalue weighted by molar-refractivity contribution is -0.276. The lowest BCUT2D eigenvalue weighted by Gasteiger charge is -2.68. The molecule has 21 heavy (non-hydrogen) atoms. The van der Waals surface area contributed by atoms with Crippen LogP contribution in [0, 0.1) is 10.8 Å².